The number of thiazole rings is 1. The third kappa shape index (κ3) is 4.87. The van der Waals surface area contributed by atoms with Crippen LogP contribution in [0.15, 0.2) is 89.7 Å². The van der Waals surface area contributed by atoms with E-state index < -0.39 is 0 Å². The van der Waals surface area contributed by atoms with Crippen molar-refractivity contribution >= 4 is 28.0 Å². The van der Waals surface area contributed by atoms with E-state index in [1.807, 2.05) is 72.8 Å². The van der Waals surface area contributed by atoms with Gasteiger partial charge in [-0.3, -0.25) is 14.6 Å². The molecule has 3 N–H and O–H groups in total. The molecule has 0 aliphatic carbocycles. The Balaban J connectivity index is 1.31. The Morgan fingerprint density at radius 2 is 1.58 bits per heavy atom. The molecule has 0 bridgehead atoms. The standard InChI is InChI=1S/C29H24N2O4S/c1-31(28(34)24-15-22-6-2-3-7-23(22)16-25(24)32)17-19-5-4-8-21(13-19)20-11-9-18(10-12-20)14-26-27(33)30-29(35)36-26/h2-13,15-16,32-33H,14,17H2,1H3,(H,30,35). The quantitative estimate of drug-likeness (QED) is 0.288. The Kier molecular flexibility index (Phi) is 6.31. The van der Waals surface area contributed by atoms with Crippen LogP contribution in [-0.2, 0) is 13.0 Å². The largest absolute Gasteiger partial charge is 0.507 e. The maximum atomic E-state index is 13.1. The molecular formula is C29H24N2O4S. The molecule has 5 aromatic rings. The summed E-state index contributed by atoms with van der Waals surface area (Å²) >= 11 is 1.01. The Morgan fingerprint density at radius 3 is 2.28 bits per heavy atom. The lowest BCUT2D eigenvalue weighted by Crippen LogP contribution is -2.26. The number of nitrogens with zero attached hydrogens (tertiary/aromatic N) is 1. The number of rotatable bonds is 6. The first kappa shape index (κ1) is 23.4. The van der Waals surface area contributed by atoms with E-state index in [-0.39, 0.29) is 28.0 Å². The van der Waals surface area contributed by atoms with Gasteiger partial charge in [0, 0.05) is 20.0 Å². The maximum absolute atomic E-state index is 13.1. The first-order chi connectivity index (χ1) is 17.4. The van der Waals surface area contributed by atoms with Gasteiger partial charge in [0.15, 0.2) is 0 Å². The van der Waals surface area contributed by atoms with Crippen molar-refractivity contribution in [3.05, 3.63) is 116 Å². The van der Waals surface area contributed by atoms with Crippen LogP contribution in [0, 0.1) is 0 Å². The molecule has 1 heterocycles. The molecule has 6 nitrogen and oxygen atoms in total. The van der Waals surface area contributed by atoms with E-state index in [4.69, 9.17) is 0 Å². The summed E-state index contributed by atoms with van der Waals surface area (Å²) < 4.78 is 0. The first-order valence-electron chi connectivity index (χ1n) is 11.4. The molecule has 0 atom stereocenters. The number of amides is 1. The Morgan fingerprint density at radius 1 is 0.861 bits per heavy atom. The van der Waals surface area contributed by atoms with Crippen LogP contribution in [0.2, 0.25) is 0 Å². The highest BCUT2D eigenvalue weighted by Gasteiger charge is 2.17. The number of hydrogen-bond acceptors (Lipinski definition) is 5. The van der Waals surface area contributed by atoms with E-state index in [2.05, 4.69) is 4.98 Å². The minimum Gasteiger partial charge on any atom is -0.507 e. The number of carbonyl (C=O) groups excluding carboxylic acids is 1. The molecule has 1 aromatic heterocycles. The van der Waals surface area contributed by atoms with Crippen LogP contribution in [0.25, 0.3) is 21.9 Å². The van der Waals surface area contributed by atoms with Crippen molar-refractivity contribution in [2.45, 2.75) is 13.0 Å². The van der Waals surface area contributed by atoms with Crippen LogP contribution < -0.4 is 4.87 Å². The molecule has 0 saturated heterocycles. The summed E-state index contributed by atoms with van der Waals surface area (Å²) in [6, 6.07) is 26.9. The number of aromatic amines is 1. The van der Waals surface area contributed by atoms with Gasteiger partial charge in [0.25, 0.3) is 5.91 Å². The number of phenols is 1. The van der Waals surface area contributed by atoms with Gasteiger partial charge >= 0.3 is 4.87 Å². The lowest BCUT2D eigenvalue weighted by molar-refractivity contribution is 0.0782. The topological polar surface area (TPSA) is 93.6 Å². The Hall–Kier alpha value is -4.36. The fourth-order valence-corrected chi connectivity index (χ4v) is 5.03. The number of fused-ring (bicyclic) bond motifs is 1. The lowest BCUT2D eigenvalue weighted by Gasteiger charge is -2.19. The number of hydrogen-bond donors (Lipinski definition) is 3. The van der Waals surface area contributed by atoms with Crippen LogP contribution in [0.1, 0.15) is 26.4 Å². The maximum Gasteiger partial charge on any atom is 0.307 e. The van der Waals surface area contributed by atoms with E-state index in [9.17, 15) is 19.8 Å². The normalized spacial score (nSPS) is 11.0. The third-order valence-electron chi connectivity index (χ3n) is 6.14. The monoisotopic (exact) mass is 496 g/mol. The first-order valence-corrected chi connectivity index (χ1v) is 12.3. The minimum absolute atomic E-state index is 0.0281. The molecule has 0 spiro atoms. The number of benzene rings is 4. The molecule has 4 aromatic carbocycles. The molecule has 0 fully saturated rings. The van der Waals surface area contributed by atoms with Gasteiger partial charge in [-0.2, -0.15) is 0 Å². The summed E-state index contributed by atoms with van der Waals surface area (Å²) in [5, 5.41) is 22.0. The fraction of sp³-hybridized carbons (Fsp3) is 0.103. The summed E-state index contributed by atoms with van der Waals surface area (Å²) in [5.74, 6) is -0.347. The van der Waals surface area contributed by atoms with Crippen molar-refractivity contribution in [2.75, 3.05) is 7.05 Å². The smallest absolute Gasteiger partial charge is 0.307 e. The number of phenolic OH excluding ortho intramolecular Hbond substituents is 1. The molecule has 5 rings (SSSR count). The van der Waals surface area contributed by atoms with Crippen LogP contribution in [-0.4, -0.2) is 33.1 Å². The highest BCUT2D eigenvalue weighted by Crippen LogP contribution is 2.27. The van der Waals surface area contributed by atoms with Gasteiger partial charge in [-0.15, -0.1) is 0 Å². The molecule has 1 amide bonds. The average Bonchev–Trinajstić information content (AvgIpc) is 3.19. The molecule has 0 radical (unpaired) electrons. The third-order valence-corrected chi connectivity index (χ3v) is 7.01. The van der Waals surface area contributed by atoms with E-state index >= 15 is 0 Å². The van der Waals surface area contributed by atoms with Crippen molar-refractivity contribution in [2.24, 2.45) is 0 Å². The van der Waals surface area contributed by atoms with Crippen molar-refractivity contribution in [3.8, 4) is 22.8 Å². The summed E-state index contributed by atoms with van der Waals surface area (Å²) in [5.41, 5.74) is 4.27. The van der Waals surface area contributed by atoms with Crippen molar-refractivity contribution in [1.29, 1.82) is 0 Å². The Labute approximate surface area is 211 Å². The van der Waals surface area contributed by atoms with Gasteiger partial charge in [0.1, 0.15) is 5.75 Å². The zero-order valence-corrected chi connectivity index (χ0v) is 20.4. The SMILES string of the molecule is CN(Cc1cccc(-c2ccc(Cc3sc(=O)[nH]c3O)cc2)c1)C(=O)c1cc2ccccc2cc1O. The second kappa shape index (κ2) is 9.71. The molecule has 0 unspecified atom stereocenters. The predicted octanol–water partition coefficient (Wildman–Crippen LogP) is 5.53. The molecule has 7 heteroatoms. The highest BCUT2D eigenvalue weighted by atomic mass is 32.1. The molecule has 0 saturated carbocycles. The predicted molar refractivity (Wildman–Crippen MR) is 143 cm³/mol. The molecular weight excluding hydrogens is 472 g/mol. The average molecular weight is 497 g/mol. The molecule has 180 valence electrons. The number of carbonyl (C=O) groups is 1. The van der Waals surface area contributed by atoms with Crippen molar-refractivity contribution < 1.29 is 15.0 Å². The van der Waals surface area contributed by atoms with Gasteiger partial charge < -0.3 is 15.1 Å². The van der Waals surface area contributed by atoms with Gasteiger partial charge in [-0.25, -0.2) is 0 Å². The van der Waals surface area contributed by atoms with Gasteiger partial charge in [0.05, 0.1) is 10.4 Å². The number of aromatic hydroxyl groups is 2. The summed E-state index contributed by atoms with van der Waals surface area (Å²) in [4.78, 5) is 28.8. The second-order valence-corrected chi connectivity index (χ2v) is 9.81. The zero-order chi connectivity index (χ0) is 25.2. The fourth-order valence-electron chi connectivity index (χ4n) is 4.27. The van der Waals surface area contributed by atoms with Crippen LogP contribution in [0.4, 0.5) is 0 Å². The number of aromatic nitrogens is 1. The summed E-state index contributed by atoms with van der Waals surface area (Å²) in [6.07, 6.45) is 0.476. The van der Waals surface area contributed by atoms with Gasteiger partial charge in [0.2, 0.25) is 5.88 Å². The molecule has 0 aliphatic rings. The van der Waals surface area contributed by atoms with E-state index in [0.29, 0.717) is 17.8 Å². The van der Waals surface area contributed by atoms with Gasteiger partial charge in [-0.05, 0) is 51.2 Å². The van der Waals surface area contributed by atoms with Crippen molar-refractivity contribution in [3.63, 3.8) is 0 Å². The van der Waals surface area contributed by atoms with Gasteiger partial charge in [-0.1, -0.05) is 78.1 Å². The van der Waals surface area contributed by atoms with Crippen LogP contribution in [0.3, 0.4) is 0 Å². The zero-order valence-electron chi connectivity index (χ0n) is 19.6. The minimum atomic E-state index is -0.268. The second-order valence-electron chi connectivity index (χ2n) is 8.74. The van der Waals surface area contributed by atoms with E-state index in [1.54, 1.807) is 24.1 Å². The lowest BCUT2D eigenvalue weighted by atomic mass is 10.0. The summed E-state index contributed by atoms with van der Waals surface area (Å²) in [6.45, 7) is 0.392. The van der Waals surface area contributed by atoms with E-state index in [0.717, 1.165) is 44.4 Å². The summed E-state index contributed by atoms with van der Waals surface area (Å²) in [7, 11) is 1.73. The van der Waals surface area contributed by atoms with E-state index in [1.165, 1.54) is 0 Å². The molecule has 36 heavy (non-hydrogen) atoms. The van der Waals surface area contributed by atoms with Crippen LogP contribution >= 0.6 is 11.3 Å². The molecule has 0 aliphatic heterocycles. The Bertz CT molecular complexity index is 1620. The number of nitrogens with one attached hydrogen (secondary N) is 1. The highest BCUT2D eigenvalue weighted by molar-refractivity contribution is 7.09. The number of H-pyrrole nitrogens is 1. The van der Waals surface area contributed by atoms with Crippen LogP contribution in [0.5, 0.6) is 11.6 Å². The van der Waals surface area contributed by atoms with Crippen molar-refractivity contribution in [1.82, 2.24) is 9.88 Å².